The van der Waals surface area contributed by atoms with Crippen LogP contribution in [0.5, 0.6) is 5.75 Å². The van der Waals surface area contributed by atoms with Crippen LogP contribution in [0.2, 0.25) is 0 Å². The first-order valence-electron chi connectivity index (χ1n) is 5.27. The van der Waals surface area contributed by atoms with Crippen molar-refractivity contribution >= 4 is 17.3 Å². The minimum Gasteiger partial charge on any atom is -0.479 e. The molecule has 2 rings (SSSR count). The van der Waals surface area contributed by atoms with Crippen LogP contribution in [-0.2, 0) is 4.79 Å². The molecule has 1 aliphatic heterocycles. The Hall–Kier alpha value is -1.71. The highest BCUT2D eigenvalue weighted by Gasteiger charge is 2.31. The molecule has 0 saturated heterocycles. The Morgan fingerprint density at radius 3 is 2.69 bits per heavy atom. The Labute approximate surface area is 95.0 Å². The van der Waals surface area contributed by atoms with E-state index in [1.807, 2.05) is 19.9 Å². The average molecular weight is 220 g/mol. The van der Waals surface area contributed by atoms with Crippen molar-refractivity contribution < 1.29 is 9.53 Å². The van der Waals surface area contributed by atoms with Gasteiger partial charge < -0.3 is 15.4 Å². The summed E-state index contributed by atoms with van der Waals surface area (Å²) < 4.78 is 5.58. The van der Waals surface area contributed by atoms with E-state index in [0.29, 0.717) is 0 Å². The number of amides is 1. The van der Waals surface area contributed by atoms with Gasteiger partial charge in [0.05, 0.1) is 5.69 Å². The standard InChI is InChI=1S/C12H16N2O2/c1-6-5-9-11(7(2)10(6)13)14(4)12(15)8(3)16-9/h5,8H,13H2,1-4H3. The topological polar surface area (TPSA) is 55.6 Å². The van der Waals surface area contributed by atoms with E-state index in [0.717, 1.165) is 28.3 Å². The number of fused-ring (bicyclic) bond motifs is 1. The first kappa shape index (κ1) is 10.8. The summed E-state index contributed by atoms with van der Waals surface area (Å²) in [6.07, 6.45) is -0.431. The number of rotatable bonds is 0. The SMILES string of the molecule is Cc1cc2c(c(C)c1N)N(C)C(=O)C(C)O2. The Balaban J connectivity index is 2.67. The number of carbonyl (C=O) groups excluding carboxylic acids is 1. The van der Waals surface area contributed by atoms with Crippen LogP contribution in [0.1, 0.15) is 18.1 Å². The van der Waals surface area contributed by atoms with Crippen LogP contribution in [0.4, 0.5) is 11.4 Å². The molecule has 4 nitrogen and oxygen atoms in total. The molecule has 1 aliphatic rings. The highest BCUT2D eigenvalue weighted by atomic mass is 16.5. The van der Waals surface area contributed by atoms with Crippen molar-refractivity contribution in [1.29, 1.82) is 0 Å². The number of anilines is 2. The van der Waals surface area contributed by atoms with Crippen molar-refractivity contribution in [3.05, 3.63) is 17.2 Å². The summed E-state index contributed by atoms with van der Waals surface area (Å²) in [5, 5.41) is 0. The van der Waals surface area contributed by atoms with Gasteiger partial charge in [-0.2, -0.15) is 0 Å². The second-order valence-corrected chi connectivity index (χ2v) is 4.24. The van der Waals surface area contributed by atoms with E-state index in [9.17, 15) is 4.79 Å². The molecule has 1 unspecified atom stereocenters. The lowest BCUT2D eigenvalue weighted by molar-refractivity contribution is -0.125. The number of carbonyl (C=O) groups is 1. The molecule has 0 fully saturated rings. The van der Waals surface area contributed by atoms with E-state index in [1.165, 1.54) is 0 Å². The third-order valence-corrected chi connectivity index (χ3v) is 3.08. The van der Waals surface area contributed by atoms with Gasteiger partial charge in [-0.05, 0) is 38.0 Å². The summed E-state index contributed by atoms with van der Waals surface area (Å²) in [4.78, 5) is 13.4. The fraction of sp³-hybridized carbons (Fsp3) is 0.417. The molecule has 1 amide bonds. The van der Waals surface area contributed by atoms with Gasteiger partial charge >= 0.3 is 0 Å². The first-order valence-corrected chi connectivity index (χ1v) is 5.27. The van der Waals surface area contributed by atoms with Crippen LogP contribution in [0.15, 0.2) is 6.07 Å². The van der Waals surface area contributed by atoms with E-state index >= 15 is 0 Å². The molecule has 0 bridgehead atoms. The van der Waals surface area contributed by atoms with E-state index in [-0.39, 0.29) is 5.91 Å². The van der Waals surface area contributed by atoms with Crippen molar-refractivity contribution in [2.45, 2.75) is 26.9 Å². The van der Waals surface area contributed by atoms with Crippen molar-refractivity contribution in [3.63, 3.8) is 0 Å². The van der Waals surface area contributed by atoms with Gasteiger partial charge in [0, 0.05) is 12.7 Å². The molecule has 1 atom stereocenters. The Morgan fingerprint density at radius 1 is 1.44 bits per heavy atom. The van der Waals surface area contributed by atoms with Crippen LogP contribution in [0.3, 0.4) is 0 Å². The number of aryl methyl sites for hydroxylation is 1. The van der Waals surface area contributed by atoms with Gasteiger partial charge in [-0.25, -0.2) is 0 Å². The van der Waals surface area contributed by atoms with Crippen molar-refractivity contribution in [1.82, 2.24) is 0 Å². The molecule has 0 aliphatic carbocycles. The highest BCUT2D eigenvalue weighted by Crippen LogP contribution is 2.40. The normalized spacial score (nSPS) is 19.4. The maximum atomic E-state index is 11.8. The number of nitrogen functional groups attached to an aromatic ring is 1. The summed E-state index contributed by atoms with van der Waals surface area (Å²) in [5.41, 5.74) is 9.34. The molecule has 0 spiro atoms. The Morgan fingerprint density at radius 2 is 2.06 bits per heavy atom. The van der Waals surface area contributed by atoms with Gasteiger partial charge in [-0.1, -0.05) is 0 Å². The average Bonchev–Trinajstić information content (AvgIpc) is 2.23. The van der Waals surface area contributed by atoms with Gasteiger partial charge in [0.2, 0.25) is 0 Å². The lowest BCUT2D eigenvalue weighted by Crippen LogP contribution is -2.42. The summed E-state index contributed by atoms with van der Waals surface area (Å²) >= 11 is 0. The van der Waals surface area contributed by atoms with Crippen molar-refractivity contribution in [2.75, 3.05) is 17.7 Å². The van der Waals surface area contributed by atoms with Gasteiger partial charge in [0.25, 0.3) is 5.91 Å². The third-order valence-electron chi connectivity index (χ3n) is 3.08. The minimum atomic E-state index is -0.431. The smallest absolute Gasteiger partial charge is 0.267 e. The van der Waals surface area contributed by atoms with Crippen LogP contribution >= 0.6 is 0 Å². The zero-order valence-electron chi connectivity index (χ0n) is 10.00. The third kappa shape index (κ3) is 1.33. The highest BCUT2D eigenvalue weighted by molar-refractivity contribution is 6.01. The van der Waals surface area contributed by atoms with Crippen molar-refractivity contribution in [2.24, 2.45) is 0 Å². The van der Waals surface area contributed by atoms with Gasteiger partial charge in [0.15, 0.2) is 6.10 Å². The predicted molar refractivity (Wildman–Crippen MR) is 63.8 cm³/mol. The number of ether oxygens (including phenoxy) is 1. The quantitative estimate of drug-likeness (QED) is 0.676. The fourth-order valence-electron chi connectivity index (χ4n) is 2.08. The number of hydrogen-bond donors (Lipinski definition) is 1. The molecule has 1 aromatic carbocycles. The molecule has 2 N–H and O–H groups in total. The van der Waals surface area contributed by atoms with Gasteiger partial charge in [-0.15, -0.1) is 0 Å². The van der Waals surface area contributed by atoms with Crippen LogP contribution in [-0.4, -0.2) is 19.1 Å². The molecule has 86 valence electrons. The molecule has 0 saturated carbocycles. The summed E-state index contributed by atoms with van der Waals surface area (Å²) in [7, 11) is 1.75. The minimum absolute atomic E-state index is 0.0427. The van der Waals surface area contributed by atoms with E-state index in [4.69, 9.17) is 10.5 Å². The number of hydrogen-bond acceptors (Lipinski definition) is 3. The number of nitrogens with zero attached hydrogens (tertiary/aromatic N) is 1. The summed E-state index contributed by atoms with van der Waals surface area (Å²) in [6, 6.07) is 1.89. The molecular weight excluding hydrogens is 204 g/mol. The second kappa shape index (κ2) is 3.40. The van der Waals surface area contributed by atoms with Crippen LogP contribution in [0.25, 0.3) is 0 Å². The second-order valence-electron chi connectivity index (χ2n) is 4.24. The number of likely N-dealkylation sites (N-methyl/N-ethyl adjacent to an activating group) is 1. The summed E-state index contributed by atoms with van der Waals surface area (Å²) in [6.45, 7) is 5.60. The Kier molecular flexibility index (Phi) is 2.30. The molecule has 0 aromatic heterocycles. The van der Waals surface area contributed by atoms with Gasteiger partial charge in [-0.3, -0.25) is 4.79 Å². The van der Waals surface area contributed by atoms with E-state index < -0.39 is 6.10 Å². The predicted octanol–water partition coefficient (Wildman–Crippen LogP) is 1.63. The molecule has 1 heterocycles. The lowest BCUT2D eigenvalue weighted by atomic mass is 10.0. The van der Waals surface area contributed by atoms with Crippen molar-refractivity contribution in [3.8, 4) is 5.75 Å². The zero-order chi connectivity index (χ0) is 12.0. The number of benzene rings is 1. The largest absolute Gasteiger partial charge is 0.479 e. The lowest BCUT2D eigenvalue weighted by Gasteiger charge is -2.32. The fourth-order valence-corrected chi connectivity index (χ4v) is 2.08. The van der Waals surface area contributed by atoms with Crippen LogP contribution in [0, 0.1) is 13.8 Å². The van der Waals surface area contributed by atoms with E-state index in [2.05, 4.69) is 0 Å². The maximum absolute atomic E-state index is 11.8. The molecule has 4 heteroatoms. The molecule has 16 heavy (non-hydrogen) atoms. The monoisotopic (exact) mass is 220 g/mol. The van der Waals surface area contributed by atoms with Gasteiger partial charge in [0.1, 0.15) is 5.75 Å². The summed E-state index contributed by atoms with van der Waals surface area (Å²) in [5.74, 6) is 0.692. The Bertz CT molecular complexity index is 469. The molecule has 0 radical (unpaired) electrons. The first-order chi connectivity index (χ1) is 7.43. The molecule has 1 aromatic rings. The zero-order valence-corrected chi connectivity index (χ0v) is 10.00. The molecular formula is C12H16N2O2. The number of nitrogens with two attached hydrogens (primary N) is 1. The van der Waals surface area contributed by atoms with Crippen LogP contribution < -0.4 is 15.4 Å². The maximum Gasteiger partial charge on any atom is 0.267 e. The van der Waals surface area contributed by atoms with E-state index in [1.54, 1.807) is 18.9 Å².